The van der Waals surface area contributed by atoms with Crippen LogP contribution in [-0.4, -0.2) is 44.9 Å². The zero-order valence-corrected chi connectivity index (χ0v) is 15.2. The first-order chi connectivity index (χ1) is 12.5. The molecular weight excluding hydrogens is 332 g/mol. The number of hydrogen-bond donors (Lipinski definition) is 2. The smallest absolute Gasteiger partial charge is 0.222 e. The Morgan fingerprint density at radius 1 is 0.692 bits per heavy atom. The molecule has 26 heavy (non-hydrogen) atoms. The van der Waals surface area contributed by atoms with E-state index in [9.17, 15) is 19.8 Å². The maximum Gasteiger partial charge on any atom is 0.222 e. The molecule has 6 nitrogen and oxygen atoms in total. The zero-order chi connectivity index (χ0) is 18.5. The minimum absolute atomic E-state index is 0.0668. The molecule has 2 N–H and O–H groups in total. The molecule has 2 aliphatic heterocycles. The van der Waals surface area contributed by atoms with Gasteiger partial charge in [-0.2, -0.15) is 0 Å². The average Bonchev–Trinajstić information content (AvgIpc) is 2.93. The van der Waals surface area contributed by atoms with E-state index in [1.807, 2.05) is 0 Å². The van der Waals surface area contributed by atoms with Crippen LogP contribution in [0, 0.1) is 0 Å². The molecule has 0 saturated carbocycles. The van der Waals surface area contributed by atoms with Crippen LogP contribution in [-0.2, 0) is 22.7 Å². The number of phenols is 2. The van der Waals surface area contributed by atoms with E-state index in [-0.39, 0.29) is 23.3 Å². The highest BCUT2D eigenvalue weighted by Gasteiger charge is 2.21. The lowest BCUT2D eigenvalue weighted by molar-refractivity contribution is -0.132. The van der Waals surface area contributed by atoms with Gasteiger partial charge in [0.1, 0.15) is 11.5 Å². The summed E-state index contributed by atoms with van der Waals surface area (Å²) in [5.41, 5.74) is 1.09. The summed E-state index contributed by atoms with van der Waals surface area (Å²) in [5.74, 6) is 0.329. The number of carbonyl (C=O) groups is 2. The van der Waals surface area contributed by atoms with Gasteiger partial charge in [-0.15, -0.1) is 0 Å². The van der Waals surface area contributed by atoms with Crippen molar-refractivity contribution >= 4 is 11.8 Å². The highest BCUT2D eigenvalue weighted by molar-refractivity contribution is 5.77. The van der Waals surface area contributed by atoms with E-state index in [2.05, 4.69) is 0 Å². The molecule has 0 unspecified atom stereocenters. The number of likely N-dealkylation sites (tertiary alicyclic amines) is 2. The highest BCUT2D eigenvalue weighted by atomic mass is 16.3. The number of carbonyl (C=O) groups excluding carboxylic acids is 2. The molecule has 2 heterocycles. The summed E-state index contributed by atoms with van der Waals surface area (Å²) in [6.07, 6.45) is 6.93. The van der Waals surface area contributed by atoms with Crippen LogP contribution in [0.15, 0.2) is 12.1 Å². The second-order valence-electron chi connectivity index (χ2n) is 7.36. The zero-order valence-electron chi connectivity index (χ0n) is 15.2. The van der Waals surface area contributed by atoms with Gasteiger partial charge in [0.05, 0.1) is 0 Å². The van der Waals surface area contributed by atoms with Crippen molar-refractivity contribution in [1.29, 1.82) is 0 Å². The fourth-order valence-electron chi connectivity index (χ4n) is 3.74. The minimum atomic E-state index is 0.0668. The van der Waals surface area contributed by atoms with Crippen molar-refractivity contribution in [2.45, 2.75) is 64.5 Å². The summed E-state index contributed by atoms with van der Waals surface area (Å²) in [4.78, 5) is 27.8. The first kappa shape index (κ1) is 18.5. The third-order valence-electron chi connectivity index (χ3n) is 5.35. The third kappa shape index (κ3) is 4.48. The van der Waals surface area contributed by atoms with Gasteiger partial charge in [-0.3, -0.25) is 9.59 Å². The molecular formula is C20H28N2O4. The molecule has 2 amide bonds. The van der Waals surface area contributed by atoms with E-state index >= 15 is 0 Å². The van der Waals surface area contributed by atoms with Crippen molar-refractivity contribution in [3.63, 3.8) is 0 Å². The average molecular weight is 360 g/mol. The van der Waals surface area contributed by atoms with Gasteiger partial charge in [0.2, 0.25) is 11.8 Å². The number of rotatable bonds is 4. The van der Waals surface area contributed by atoms with E-state index in [1.165, 1.54) is 12.1 Å². The Labute approximate surface area is 154 Å². The summed E-state index contributed by atoms with van der Waals surface area (Å²) in [7, 11) is 0. The largest absolute Gasteiger partial charge is 0.508 e. The predicted octanol–water partition coefficient (Wildman–Crippen LogP) is 2.90. The van der Waals surface area contributed by atoms with Crippen LogP contribution in [0.5, 0.6) is 11.5 Å². The summed E-state index contributed by atoms with van der Waals surface area (Å²) in [5, 5.41) is 20.8. The van der Waals surface area contributed by atoms with Crippen LogP contribution >= 0.6 is 0 Å². The Balaban J connectivity index is 1.73. The normalized spacial score (nSPS) is 19.4. The SMILES string of the molecule is O=C1CCCCCN1Cc1cc(O)c(CN2CCCCCC2=O)cc1O. The van der Waals surface area contributed by atoms with Gasteiger partial charge in [-0.1, -0.05) is 12.8 Å². The second kappa shape index (κ2) is 8.43. The van der Waals surface area contributed by atoms with Crippen LogP contribution in [0.3, 0.4) is 0 Å². The minimum Gasteiger partial charge on any atom is -0.508 e. The van der Waals surface area contributed by atoms with Gasteiger partial charge in [-0.25, -0.2) is 0 Å². The number of benzene rings is 1. The Bertz CT molecular complexity index is 616. The third-order valence-corrected chi connectivity index (χ3v) is 5.35. The number of amides is 2. The molecule has 142 valence electrons. The molecule has 1 aromatic carbocycles. The van der Waals surface area contributed by atoms with Crippen molar-refractivity contribution in [3.05, 3.63) is 23.3 Å². The van der Waals surface area contributed by atoms with Crippen LogP contribution in [0.4, 0.5) is 0 Å². The molecule has 0 bridgehead atoms. The molecule has 6 heteroatoms. The molecule has 1 aromatic rings. The number of nitrogens with zero attached hydrogens (tertiary/aromatic N) is 2. The van der Waals surface area contributed by atoms with Crippen molar-refractivity contribution < 1.29 is 19.8 Å². The molecule has 2 aliphatic rings. The van der Waals surface area contributed by atoms with Crippen molar-refractivity contribution in [2.75, 3.05) is 13.1 Å². The van der Waals surface area contributed by atoms with Crippen molar-refractivity contribution in [2.24, 2.45) is 0 Å². The van der Waals surface area contributed by atoms with E-state index in [1.54, 1.807) is 9.80 Å². The lowest BCUT2D eigenvalue weighted by Crippen LogP contribution is -2.30. The summed E-state index contributed by atoms with van der Waals surface area (Å²) in [6, 6.07) is 3.07. The van der Waals surface area contributed by atoms with Crippen LogP contribution < -0.4 is 0 Å². The first-order valence-electron chi connectivity index (χ1n) is 9.64. The molecule has 0 spiro atoms. The fourth-order valence-corrected chi connectivity index (χ4v) is 3.74. The first-order valence-corrected chi connectivity index (χ1v) is 9.64. The molecule has 0 aromatic heterocycles. The van der Waals surface area contributed by atoms with Gasteiger partial charge < -0.3 is 20.0 Å². The van der Waals surface area contributed by atoms with E-state index in [4.69, 9.17) is 0 Å². The Morgan fingerprint density at radius 2 is 1.12 bits per heavy atom. The Morgan fingerprint density at radius 3 is 1.54 bits per heavy atom. The highest BCUT2D eigenvalue weighted by Crippen LogP contribution is 2.30. The van der Waals surface area contributed by atoms with Crippen molar-refractivity contribution in [3.8, 4) is 11.5 Å². The number of aromatic hydroxyl groups is 2. The van der Waals surface area contributed by atoms with Crippen LogP contribution in [0.25, 0.3) is 0 Å². The summed E-state index contributed by atoms with van der Waals surface area (Å²) < 4.78 is 0. The van der Waals surface area contributed by atoms with Crippen molar-refractivity contribution in [1.82, 2.24) is 9.80 Å². The summed E-state index contributed by atoms with van der Waals surface area (Å²) in [6.45, 7) is 1.98. The molecule has 2 fully saturated rings. The second-order valence-corrected chi connectivity index (χ2v) is 7.36. The topological polar surface area (TPSA) is 81.1 Å². The van der Waals surface area contributed by atoms with E-state index in [0.29, 0.717) is 50.1 Å². The van der Waals surface area contributed by atoms with E-state index in [0.717, 1.165) is 38.5 Å². The fraction of sp³-hybridized carbons (Fsp3) is 0.600. The lowest BCUT2D eigenvalue weighted by atomic mass is 10.1. The van der Waals surface area contributed by atoms with Gasteiger partial charge in [-0.05, 0) is 37.8 Å². The van der Waals surface area contributed by atoms with Gasteiger partial charge in [0.25, 0.3) is 0 Å². The monoisotopic (exact) mass is 360 g/mol. The van der Waals surface area contributed by atoms with Gasteiger partial charge in [0, 0.05) is 50.1 Å². The number of hydrogen-bond acceptors (Lipinski definition) is 4. The van der Waals surface area contributed by atoms with Gasteiger partial charge in [0.15, 0.2) is 0 Å². The molecule has 0 radical (unpaired) electrons. The summed E-state index contributed by atoms with van der Waals surface area (Å²) >= 11 is 0. The van der Waals surface area contributed by atoms with Crippen LogP contribution in [0.2, 0.25) is 0 Å². The lowest BCUT2D eigenvalue weighted by Gasteiger charge is -2.23. The predicted molar refractivity (Wildman–Crippen MR) is 97.5 cm³/mol. The molecule has 2 saturated heterocycles. The Hall–Kier alpha value is -2.24. The number of phenolic OH excluding ortho intramolecular Hbond substituents is 2. The molecule has 0 aliphatic carbocycles. The Kier molecular flexibility index (Phi) is 6.01. The maximum absolute atomic E-state index is 12.2. The quantitative estimate of drug-likeness (QED) is 0.809. The molecule has 3 rings (SSSR count). The van der Waals surface area contributed by atoms with Gasteiger partial charge >= 0.3 is 0 Å². The standard InChI is InChI=1S/C20H28N2O4/c23-17-12-16(14-22-10-6-2-4-8-20(22)26)18(24)11-15(17)13-21-9-5-1-3-7-19(21)25/h11-12,23-24H,1-10,13-14H2. The maximum atomic E-state index is 12.2. The van der Waals surface area contributed by atoms with Crippen LogP contribution in [0.1, 0.15) is 62.5 Å². The van der Waals surface area contributed by atoms with E-state index < -0.39 is 0 Å². The molecule has 0 atom stereocenters.